The number of rotatable bonds is 3. The van der Waals surface area contributed by atoms with Crippen molar-refractivity contribution in [1.29, 1.82) is 0 Å². The molecule has 0 spiro atoms. The molecule has 16 heavy (non-hydrogen) atoms. The highest BCUT2D eigenvalue weighted by Gasteiger charge is 2.26. The summed E-state index contributed by atoms with van der Waals surface area (Å²) in [7, 11) is 0. The number of halogens is 1. The van der Waals surface area contributed by atoms with Gasteiger partial charge in [0, 0.05) is 30.7 Å². The van der Waals surface area contributed by atoms with Crippen LogP contribution < -0.4 is 0 Å². The number of hydrogen-bond donors (Lipinski definition) is 0. The Balaban J connectivity index is 2.03. The smallest absolute Gasteiger partial charge is 0.138 e. The Bertz CT molecular complexity index is 347. The van der Waals surface area contributed by atoms with Crippen LogP contribution in [0, 0.1) is 0 Å². The Morgan fingerprint density at radius 1 is 1.62 bits per heavy atom. The van der Waals surface area contributed by atoms with Crippen LogP contribution in [-0.2, 0) is 11.3 Å². The van der Waals surface area contributed by atoms with Gasteiger partial charge in [-0.1, -0.05) is 23.0 Å². The lowest BCUT2D eigenvalue weighted by atomic mass is 10.1. The van der Waals surface area contributed by atoms with Gasteiger partial charge in [-0.2, -0.15) is 0 Å². The number of nitrogens with zero attached hydrogens (tertiary/aromatic N) is 3. The lowest BCUT2D eigenvalue weighted by Gasteiger charge is -2.37. The molecule has 2 atom stereocenters. The Labute approximate surface area is 105 Å². The molecule has 1 aromatic heterocycles. The lowest BCUT2D eigenvalue weighted by Crippen LogP contribution is -2.47. The maximum Gasteiger partial charge on any atom is 0.138 e. The summed E-state index contributed by atoms with van der Waals surface area (Å²) < 4.78 is 10.2. The van der Waals surface area contributed by atoms with E-state index in [9.17, 15) is 0 Å². The molecule has 4 nitrogen and oxygen atoms in total. The zero-order valence-electron chi connectivity index (χ0n) is 9.52. The first-order valence-electron chi connectivity index (χ1n) is 5.53. The molecule has 90 valence electrons. The van der Waals surface area contributed by atoms with Crippen LogP contribution in [0.5, 0.6) is 0 Å². The SMILES string of the molecule is CC[C@H]1CO[C@H](C)CN1Cc1nnsc1Cl. The van der Waals surface area contributed by atoms with Crippen LogP contribution in [-0.4, -0.2) is 39.8 Å². The van der Waals surface area contributed by atoms with Crippen LogP contribution in [0.15, 0.2) is 0 Å². The molecule has 0 radical (unpaired) electrons. The molecule has 1 saturated heterocycles. The van der Waals surface area contributed by atoms with Crippen LogP contribution in [0.3, 0.4) is 0 Å². The summed E-state index contributed by atoms with van der Waals surface area (Å²) in [5.74, 6) is 0. The van der Waals surface area contributed by atoms with E-state index in [2.05, 4.69) is 28.3 Å². The number of hydrogen-bond acceptors (Lipinski definition) is 5. The van der Waals surface area contributed by atoms with Gasteiger partial charge in [0.2, 0.25) is 0 Å². The van der Waals surface area contributed by atoms with Gasteiger partial charge < -0.3 is 4.74 Å². The van der Waals surface area contributed by atoms with Gasteiger partial charge in [0.15, 0.2) is 0 Å². The van der Waals surface area contributed by atoms with Crippen LogP contribution in [0.4, 0.5) is 0 Å². The fourth-order valence-corrected chi connectivity index (χ4v) is 2.58. The molecule has 0 aromatic carbocycles. The first kappa shape index (κ1) is 12.2. The van der Waals surface area contributed by atoms with Crippen molar-refractivity contribution in [2.24, 2.45) is 0 Å². The number of ether oxygens (including phenoxy) is 1. The van der Waals surface area contributed by atoms with E-state index in [-0.39, 0.29) is 6.10 Å². The maximum atomic E-state index is 6.02. The van der Waals surface area contributed by atoms with E-state index >= 15 is 0 Å². The molecule has 1 aromatic rings. The van der Waals surface area contributed by atoms with Gasteiger partial charge in [0.1, 0.15) is 10.0 Å². The zero-order chi connectivity index (χ0) is 11.5. The molecule has 0 amide bonds. The molecule has 0 N–H and O–H groups in total. The monoisotopic (exact) mass is 261 g/mol. The van der Waals surface area contributed by atoms with Gasteiger partial charge in [-0.05, 0) is 13.3 Å². The summed E-state index contributed by atoms with van der Waals surface area (Å²) in [6.45, 7) is 6.79. The standard InChI is InChI=1S/C10H16ClN3OS/c1-3-8-6-15-7(2)4-14(8)5-9-10(11)16-13-12-9/h7-8H,3-6H2,1-2H3/t7-,8+/m1/s1. The fourth-order valence-electron chi connectivity index (χ4n) is 1.97. The fraction of sp³-hybridized carbons (Fsp3) is 0.800. The van der Waals surface area contributed by atoms with Crippen molar-refractivity contribution in [2.45, 2.75) is 39.0 Å². The quantitative estimate of drug-likeness (QED) is 0.836. The van der Waals surface area contributed by atoms with E-state index in [1.54, 1.807) is 0 Å². The van der Waals surface area contributed by atoms with Gasteiger partial charge in [0.05, 0.1) is 12.7 Å². The van der Waals surface area contributed by atoms with Gasteiger partial charge in [-0.15, -0.1) is 5.10 Å². The molecular formula is C10H16ClN3OS. The summed E-state index contributed by atoms with van der Waals surface area (Å²) in [4.78, 5) is 2.39. The minimum atomic E-state index is 0.285. The van der Waals surface area contributed by atoms with Gasteiger partial charge in [-0.3, -0.25) is 4.90 Å². The molecule has 2 rings (SSSR count). The number of aromatic nitrogens is 2. The average molecular weight is 262 g/mol. The first-order chi connectivity index (χ1) is 7.70. The lowest BCUT2D eigenvalue weighted by molar-refractivity contribution is -0.0595. The van der Waals surface area contributed by atoms with Crippen LogP contribution >= 0.6 is 23.1 Å². The van der Waals surface area contributed by atoms with E-state index in [0.29, 0.717) is 10.4 Å². The highest BCUT2D eigenvalue weighted by Crippen LogP contribution is 2.22. The molecular weight excluding hydrogens is 246 g/mol. The average Bonchev–Trinajstić information content (AvgIpc) is 2.65. The van der Waals surface area contributed by atoms with Gasteiger partial charge in [0.25, 0.3) is 0 Å². The molecule has 1 aliphatic heterocycles. The number of morpholine rings is 1. The van der Waals surface area contributed by atoms with Crippen LogP contribution in [0.25, 0.3) is 0 Å². The van der Waals surface area contributed by atoms with E-state index in [1.165, 1.54) is 11.5 Å². The molecule has 0 unspecified atom stereocenters. The summed E-state index contributed by atoms with van der Waals surface area (Å²) in [6.07, 6.45) is 1.37. The van der Waals surface area contributed by atoms with Gasteiger partial charge >= 0.3 is 0 Å². The highest BCUT2D eigenvalue weighted by molar-refractivity contribution is 7.10. The second-order valence-electron chi connectivity index (χ2n) is 4.13. The molecule has 1 aliphatic rings. The Morgan fingerprint density at radius 2 is 2.44 bits per heavy atom. The Kier molecular flexibility index (Phi) is 4.13. The third kappa shape index (κ3) is 2.71. The summed E-state index contributed by atoms with van der Waals surface area (Å²) >= 11 is 7.27. The topological polar surface area (TPSA) is 38.2 Å². The van der Waals surface area contributed by atoms with Crippen molar-refractivity contribution in [3.63, 3.8) is 0 Å². The van der Waals surface area contributed by atoms with Crippen molar-refractivity contribution < 1.29 is 4.74 Å². The van der Waals surface area contributed by atoms with E-state index < -0.39 is 0 Å². The second kappa shape index (κ2) is 5.40. The maximum absolute atomic E-state index is 6.02. The Morgan fingerprint density at radius 3 is 3.06 bits per heavy atom. The van der Waals surface area contributed by atoms with Crippen LogP contribution in [0.2, 0.25) is 4.34 Å². The highest BCUT2D eigenvalue weighted by atomic mass is 35.5. The van der Waals surface area contributed by atoms with Crippen molar-refractivity contribution in [1.82, 2.24) is 14.5 Å². The summed E-state index contributed by atoms with van der Waals surface area (Å²) in [5, 5.41) is 4.06. The third-order valence-electron chi connectivity index (χ3n) is 2.91. The summed E-state index contributed by atoms with van der Waals surface area (Å²) in [6, 6.07) is 0.467. The predicted molar refractivity (Wildman–Crippen MR) is 64.8 cm³/mol. The minimum absolute atomic E-state index is 0.285. The van der Waals surface area contributed by atoms with E-state index in [0.717, 1.165) is 31.8 Å². The molecule has 6 heteroatoms. The Hall–Kier alpha value is -0.230. The van der Waals surface area contributed by atoms with E-state index in [4.69, 9.17) is 16.3 Å². The molecule has 0 bridgehead atoms. The molecule has 0 saturated carbocycles. The predicted octanol–water partition coefficient (Wildman–Crippen LogP) is 2.19. The molecule has 0 aliphatic carbocycles. The summed E-state index contributed by atoms with van der Waals surface area (Å²) in [5.41, 5.74) is 0.888. The van der Waals surface area contributed by atoms with Crippen molar-refractivity contribution in [3.05, 3.63) is 10.0 Å². The van der Waals surface area contributed by atoms with E-state index in [1.807, 2.05) is 0 Å². The normalized spacial score (nSPS) is 27.2. The second-order valence-corrected chi connectivity index (χ2v) is 5.48. The van der Waals surface area contributed by atoms with Crippen molar-refractivity contribution >= 4 is 23.1 Å². The first-order valence-corrected chi connectivity index (χ1v) is 6.68. The largest absolute Gasteiger partial charge is 0.376 e. The minimum Gasteiger partial charge on any atom is -0.376 e. The molecule has 1 fully saturated rings. The zero-order valence-corrected chi connectivity index (χ0v) is 11.1. The van der Waals surface area contributed by atoms with Gasteiger partial charge in [-0.25, -0.2) is 0 Å². The van der Waals surface area contributed by atoms with Crippen molar-refractivity contribution in [2.75, 3.05) is 13.2 Å². The molecule has 2 heterocycles. The van der Waals surface area contributed by atoms with Crippen molar-refractivity contribution in [3.8, 4) is 0 Å². The van der Waals surface area contributed by atoms with Crippen LogP contribution in [0.1, 0.15) is 26.0 Å². The third-order valence-corrected chi connectivity index (χ3v) is 3.90.